The largest absolute Gasteiger partial charge is 0.396 e. The van der Waals surface area contributed by atoms with Crippen LogP contribution in [0.3, 0.4) is 0 Å². The molecule has 1 unspecified atom stereocenters. The molecule has 0 aromatic heterocycles. The van der Waals surface area contributed by atoms with E-state index >= 15 is 0 Å². The van der Waals surface area contributed by atoms with Gasteiger partial charge in [-0.2, -0.15) is 0 Å². The molecular weight excluding hydrogens is 202 g/mol. The molecule has 1 saturated heterocycles. The number of hydrogen-bond donors (Lipinski definition) is 1. The lowest BCUT2D eigenvalue weighted by Crippen LogP contribution is -2.42. The van der Waals surface area contributed by atoms with Gasteiger partial charge in [-0.15, -0.1) is 0 Å². The van der Waals surface area contributed by atoms with Crippen LogP contribution >= 0.6 is 0 Å². The highest BCUT2D eigenvalue weighted by Gasteiger charge is 2.19. The Morgan fingerprint density at radius 3 is 2.88 bits per heavy atom. The highest BCUT2D eigenvalue weighted by atomic mass is 16.5. The second-order valence-corrected chi connectivity index (χ2v) is 4.23. The Kier molecular flexibility index (Phi) is 4.34. The van der Waals surface area contributed by atoms with E-state index in [1.54, 1.807) is 0 Å². The van der Waals surface area contributed by atoms with E-state index in [0.717, 1.165) is 32.7 Å². The second-order valence-electron chi connectivity index (χ2n) is 4.23. The van der Waals surface area contributed by atoms with Crippen molar-refractivity contribution in [2.24, 2.45) is 0 Å². The van der Waals surface area contributed by atoms with Crippen LogP contribution in [-0.2, 0) is 11.3 Å². The summed E-state index contributed by atoms with van der Waals surface area (Å²) < 4.78 is 5.58. The molecule has 1 heterocycles. The van der Waals surface area contributed by atoms with Crippen molar-refractivity contribution < 1.29 is 9.84 Å². The van der Waals surface area contributed by atoms with E-state index in [1.165, 1.54) is 5.56 Å². The van der Waals surface area contributed by atoms with Crippen LogP contribution in [0.25, 0.3) is 0 Å². The van der Waals surface area contributed by atoms with E-state index < -0.39 is 0 Å². The first-order valence-electron chi connectivity index (χ1n) is 5.87. The molecule has 0 saturated carbocycles. The van der Waals surface area contributed by atoms with Gasteiger partial charge >= 0.3 is 0 Å². The Balaban J connectivity index is 1.85. The maximum Gasteiger partial charge on any atom is 0.0724 e. The molecule has 0 spiro atoms. The Bertz CT molecular complexity index is 300. The standard InChI is InChI=1S/C13H19NO2/c15-8-6-13-11-14(7-9-16-13)10-12-4-2-1-3-5-12/h1-5,13,15H,6-11H2. The predicted molar refractivity (Wildman–Crippen MR) is 63.2 cm³/mol. The molecule has 1 aromatic rings. The Morgan fingerprint density at radius 2 is 2.12 bits per heavy atom. The number of aliphatic hydroxyl groups excluding tert-OH is 1. The lowest BCUT2D eigenvalue weighted by molar-refractivity contribution is -0.0407. The predicted octanol–water partition coefficient (Wildman–Crippen LogP) is 1.27. The summed E-state index contributed by atoms with van der Waals surface area (Å²) in [6.07, 6.45) is 0.938. The van der Waals surface area contributed by atoms with E-state index in [1.807, 2.05) is 6.07 Å². The van der Waals surface area contributed by atoms with Gasteiger partial charge in [0.1, 0.15) is 0 Å². The quantitative estimate of drug-likeness (QED) is 0.831. The van der Waals surface area contributed by atoms with Gasteiger partial charge in [-0.3, -0.25) is 4.90 Å². The summed E-state index contributed by atoms with van der Waals surface area (Å²) in [5.41, 5.74) is 1.34. The normalized spacial score (nSPS) is 22.2. The minimum Gasteiger partial charge on any atom is -0.396 e. The van der Waals surface area contributed by atoms with Crippen molar-refractivity contribution in [2.45, 2.75) is 19.1 Å². The van der Waals surface area contributed by atoms with Crippen molar-refractivity contribution in [2.75, 3.05) is 26.3 Å². The van der Waals surface area contributed by atoms with Crippen molar-refractivity contribution in [1.29, 1.82) is 0 Å². The van der Waals surface area contributed by atoms with Crippen LogP contribution in [0.4, 0.5) is 0 Å². The fraction of sp³-hybridized carbons (Fsp3) is 0.538. The van der Waals surface area contributed by atoms with Crippen molar-refractivity contribution in [3.05, 3.63) is 35.9 Å². The molecule has 1 N–H and O–H groups in total. The van der Waals surface area contributed by atoms with Crippen LogP contribution in [0, 0.1) is 0 Å². The van der Waals surface area contributed by atoms with Crippen LogP contribution in [0.5, 0.6) is 0 Å². The van der Waals surface area contributed by atoms with Crippen molar-refractivity contribution in [1.82, 2.24) is 4.90 Å². The molecule has 1 aromatic carbocycles. The van der Waals surface area contributed by atoms with Crippen LogP contribution in [0.2, 0.25) is 0 Å². The second kappa shape index (κ2) is 5.99. The van der Waals surface area contributed by atoms with Crippen LogP contribution in [-0.4, -0.2) is 42.4 Å². The SMILES string of the molecule is OCCC1CN(Cc2ccccc2)CCO1. The Morgan fingerprint density at radius 1 is 1.31 bits per heavy atom. The van der Waals surface area contributed by atoms with Gasteiger partial charge in [0, 0.05) is 26.2 Å². The molecule has 0 amide bonds. The Labute approximate surface area is 96.6 Å². The summed E-state index contributed by atoms with van der Waals surface area (Å²) >= 11 is 0. The molecule has 1 aliphatic heterocycles. The van der Waals surface area contributed by atoms with E-state index in [0.29, 0.717) is 0 Å². The lowest BCUT2D eigenvalue weighted by atomic mass is 10.1. The number of hydrogen-bond acceptors (Lipinski definition) is 3. The van der Waals surface area contributed by atoms with Gasteiger partial charge < -0.3 is 9.84 Å². The molecule has 1 fully saturated rings. The van der Waals surface area contributed by atoms with Gasteiger partial charge in [-0.25, -0.2) is 0 Å². The van der Waals surface area contributed by atoms with Crippen molar-refractivity contribution in [3.8, 4) is 0 Å². The number of aliphatic hydroxyl groups is 1. The van der Waals surface area contributed by atoms with Gasteiger partial charge in [0.2, 0.25) is 0 Å². The zero-order valence-corrected chi connectivity index (χ0v) is 9.51. The van der Waals surface area contributed by atoms with Crippen molar-refractivity contribution >= 4 is 0 Å². The van der Waals surface area contributed by atoms with Crippen LogP contribution < -0.4 is 0 Å². The van der Waals surface area contributed by atoms with Crippen LogP contribution in [0.1, 0.15) is 12.0 Å². The average molecular weight is 221 g/mol. The first-order chi connectivity index (χ1) is 7.88. The Hall–Kier alpha value is -0.900. The summed E-state index contributed by atoms with van der Waals surface area (Å²) in [6.45, 7) is 3.87. The lowest BCUT2D eigenvalue weighted by Gasteiger charge is -2.32. The first-order valence-corrected chi connectivity index (χ1v) is 5.87. The average Bonchev–Trinajstić information content (AvgIpc) is 2.31. The zero-order valence-electron chi connectivity index (χ0n) is 9.51. The zero-order chi connectivity index (χ0) is 11.2. The molecule has 0 aliphatic carbocycles. The minimum atomic E-state index is 0.197. The third-order valence-electron chi connectivity index (χ3n) is 2.92. The number of rotatable bonds is 4. The molecule has 1 aliphatic rings. The molecule has 0 bridgehead atoms. The van der Waals surface area contributed by atoms with E-state index in [-0.39, 0.29) is 12.7 Å². The number of nitrogens with zero attached hydrogens (tertiary/aromatic N) is 1. The number of ether oxygens (including phenoxy) is 1. The maximum absolute atomic E-state index is 8.90. The number of benzene rings is 1. The van der Waals surface area contributed by atoms with Gasteiger partial charge in [-0.1, -0.05) is 30.3 Å². The summed E-state index contributed by atoms with van der Waals surface area (Å²) in [5, 5.41) is 8.90. The summed E-state index contributed by atoms with van der Waals surface area (Å²) in [6, 6.07) is 10.5. The van der Waals surface area contributed by atoms with Crippen LogP contribution in [0.15, 0.2) is 30.3 Å². The third kappa shape index (κ3) is 3.30. The third-order valence-corrected chi connectivity index (χ3v) is 2.92. The van der Waals surface area contributed by atoms with Crippen molar-refractivity contribution in [3.63, 3.8) is 0 Å². The van der Waals surface area contributed by atoms with E-state index in [4.69, 9.17) is 9.84 Å². The molecule has 0 radical (unpaired) electrons. The summed E-state index contributed by atoms with van der Waals surface area (Å²) in [5.74, 6) is 0. The molecule has 3 nitrogen and oxygen atoms in total. The fourth-order valence-corrected chi connectivity index (χ4v) is 2.08. The fourth-order valence-electron chi connectivity index (χ4n) is 2.08. The topological polar surface area (TPSA) is 32.7 Å². The van der Waals surface area contributed by atoms with Gasteiger partial charge in [-0.05, 0) is 12.0 Å². The summed E-state index contributed by atoms with van der Waals surface area (Å²) in [7, 11) is 0. The molecular formula is C13H19NO2. The van der Waals surface area contributed by atoms with Gasteiger partial charge in [0.25, 0.3) is 0 Å². The van der Waals surface area contributed by atoms with E-state index in [2.05, 4.69) is 29.2 Å². The molecule has 2 rings (SSSR count). The minimum absolute atomic E-state index is 0.197. The highest BCUT2D eigenvalue weighted by molar-refractivity contribution is 5.14. The highest BCUT2D eigenvalue weighted by Crippen LogP contribution is 2.11. The summed E-state index contributed by atoms with van der Waals surface area (Å²) in [4.78, 5) is 2.39. The monoisotopic (exact) mass is 221 g/mol. The number of morpholine rings is 1. The molecule has 3 heteroatoms. The van der Waals surface area contributed by atoms with E-state index in [9.17, 15) is 0 Å². The molecule has 16 heavy (non-hydrogen) atoms. The van der Waals surface area contributed by atoms with Gasteiger partial charge in [0.05, 0.1) is 12.7 Å². The maximum atomic E-state index is 8.90. The van der Waals surface area contributed by atoms with Gasteiger partial charge in [0.15, 0.2) is 0 Å². The smallest absolute Gasteiger partial charge is 0.0724 e. The molecule has 88 valence electrons. The molecule has 1 atom stereocenters. The first kappa shape index (κ1) is 11.6.